The van der Waals surface area contributed by atoms with Gasteiger partial charge < -0.3 is 19.5 Å². The Hall–Kier alpha value is -2.90. The van der Waals surface area contributed by atoms with Crippen LogP contribution in [0.1, 0.15) is 16.2 Å². The Balaban J connectivity index is 1.56. The van der Waals surface area contributed by atoms with Crippen LogP contribution in [0.15, 0.2) is 35.2 Å². The fraction of sp³-hybridized carbons (Fsp3) is 0.333. The predicted octanol–water partition coefficient (Wildman–Crippen LogP) is 0.596. The Morgan fingerprint density at radius 1 is 1.26 bits per heavy atom. The molecule has 1 aliphatic heterocycles. The van der Waals surface area contributed by atoms with E-state index in [-0.39, 0.29) is 5.91 Å². The molecule has 0 aromatic carbocycles. The SMILES string of the molecule is O=CN1CCN(C(=O)c2cnc(NCc3ccco3)cn2)CC1. The Morgan fingerprint density at radius 2 is 2.09 bits per heavy atom. The minimum Gasteiger partial charge on any atom is -0.467 e. The van der Waals surface area contributed by atoms with Crippen molar-refractivity contribution in [3.05, 3.63) is 42.2 Å². The van der Waals surface area contributed by atoms with Crippen molar-refractivity contribution in [1.29, 1.82) is 0 Å². The van der Waals surface area contributed by atoms with E-state index in [2.05, 4.69) is 15.3 Å². The molecule has 0 bridgehead atoms. The number of hydrogen-bond acceptors (Lipinski definition) is 6. The molecule has 1 aliphatic rings. The van der Waals surface area contributed by atoms with Crippen molar-refractivity contribution < 1.29 is 14.0 Å². The zero-order chi connectivity index (χ0) is 16.1. The predicted molar refractivity (Wildman–Crippen MR) is 81.6 cm³/mol. The molecule has 8 nitrogen and oxygen atoms in total. The van der Waals surface area contributed by atoms with Crippen LogP contribution >= 0.6 is 0 Å². The van der Waals surface area contributed by atoms with Crippen molar-refractivity contribution in [1.82, 2.24) is 19.8 Å². The van der Waals surface area contributed by atoms with Crippen LogP contribution in [0.2, 0.25) is 0 Å². The number of carbonyl (C=O) groups excluding carboxylic acids is 2. The van der Waals surface area contributed by atoms with Crippen LogP contribution in [0, 0.1) is 0 Å². The number of rotatable bonds is 5. The van der Waals surface area contributed by atoms with Gasteiger partial charge in [0.05, 0.1) is 25.2 Å². The lowest BCUT2D eigenvalue weighted by molar-refractivity contribution is -0.119. The smallest absolute Gasteiger partial charge is 0.274 e. The average Bonchev–Trinajstić information content (AvgIpc) is 3.13. The minimum atomic E-state index is -0.166. The lowest BCUT2D eigenvalue weighted by atomic mass is 10.3. The van der Waals surface area contributed by atoms with Crippen LogP contribution in [0.4, 0.5) is 5.82 Å². The third-order valence-corrected chi connectivity index (χ3v) is 3.65. The number of nitrogens with one attached hydrogen (secondary N) is 1. The summed E-state index contributed by atoms with van der Waals surface area (Å²) in [5.41, 5.74) is 0.299. The van der Waals surface area contributed by atoms with Crippen LogP contribution in [0.3, 0.4) is 0 Å². The van der Waals surface area contributed by atoms with E-state index < -0.39 is 0 Å². The minimum absolute atomic E-state index is 0.166. The van der Waals surface area contributed by atoms with Crippen LogP contribution in [0.25, 0.3) is 0 Å². The summed E-state index contributed by atoms with van der Waals surface area (Å²) in [6, 6.07) is 3.67. The second-order valence-electron chi connectivity index (χ2n) is 5.15. The second-order valence-corrected chi connectivity index (χ2v) is 5.15. The average molecular weight is 315 g/mol. The Bertz CT molecular complexity index is 648. The van der Waals surface area contributed by atoms with Gasteiger partial charge >= 0.3 is 0 Å². The maximum atomic E-state index is 12.3. The summed E-state index contributed by atoms with van der Waals surface area (Å²) in [5.74, 6) is 1.20. The summed E-state index contributed by atoms with van der Waals surface area (Å²) in [6.07, 6.45) is 5.40. The van der Waals surface area contributed by atoms with E-state index in [0.717, 1.165) is 12.2 Å². The highest BCUT2D eigenvalue weighted by molar-refractivity contribution is 5.92. The highest BCUT2D eigenvalue weighted by Gasteiger charge is 2.22. The lowest BCUT2D eigenvalue weighted by Crippen LogP contribution is -2.48. The van der Waals surface area contributed by atoms with E-state index >= 15 is 0 Å². The molecule has 3 rings (SSSR count). The molecule has 2 aromatic heterocycles. The molecule has 0 unspecified atom stereocenters. The number of nitrogens with zero attached hydrogens (tertiary/aromatic N) is 4. The standard InChI is InChI=1S/C15H17N5O3/c21-11-19-3-5-20(6-4-19)15(22)13-9-18-14(10-16-13)17-8-12-2-1-7-23-12/h1-2,7,9-11H,3-6,8H2,(H,17,18). The van der Waals surface area contributed by atoms with Gasteiger partial charge in [-0.05, 0) is 12.1 Å². The van der Waals surface area contributed by atoms with Gasteiger partial charge in [-0.1, -0.05) is 0 Å². The highest BCUT2D eigenvalue weighted by Crippen LogP contribution is 2.09. The van der Waals surface area contributed by atoms with E-state index in [1.54, 1.807) is 16.1 Å². The fourth-order valence-corrected chi connectivity index (χ4v) is 2.31. The van der Waals surface area contributed by atoms with Gasteiger partial charge in [0.2, 0.25) is 6.41 Å². The van der Waals surface area contributed by atoms with Gasteiger partial charge in [-0.15, -0.1) is 0 Å². The van der Waals surface area contributed by atoms with E-state index in [4.69, 9.17) is 4.42 Å². The van der Waals surface area contributed by atoms with Crippen LogP contribution in [-0.2, 0) is 11.3 Å². The van der Waals surface area contributed by atoms with Gasteiger partial charge in [0.25, 0.3) is 5.91 Å². The quantitative estimate of drug-likeness (QED) is 0.812. The molecular weight excluding hydrogens is 298 g/mol. The molecule has 120 valence electrons. The third kappa shape index (κ3) is 3.65. The summed E-state index contributed by atoms with van der Waals surface area (Å²) < 4.78 is 5.21. The summed E-state index contributed by atoms with van der Waals surface area (Å²) in [5, 5.41) is 3.07. The topological polar surface area (TPSA) is 91.6 Å². The Kier molecular flexibility index (Phi) is 4.51. The first-order valence-corrected chi connectivity index (χ1v) is 7.33. The van der Waals surface area contributed by atoms with Gasteiger partial charge in [0, 0.05) is 26.2 Å². The van der Waals surface area contributed by atoms with Crippen molar-refractivity contribution >= 4 is 18.1 Å². The summed E-state index contributed by atoms with van der Waals surface area (Å²) in [6.45, 7) is 2.62. The van der Waals surface area contributed by atoms with Crippen molar-refractivity contribution in [2.75, 3.05) is 31.5 Å². The van der Waals surface area contributed by atoms with E-state index in [1.807, 2.05) is 12.1 Å². The largest absolute Gasteiger partial charge is 0.467 e. The highest BCUT2D eigenvalue weighted by atomic mass is 16.3. The molecule has 0 aliphatic carbocycles. The summed E-state index contributed by atoms with van der Waals surface area (Å²) in [4.78, 5) is 34.7. The zero-order valence-electron chi connectivity index (χ0n) is 12.5. The maximum absolute atomic E-state index is 12.3. The van der Waals surface area contributed by atoms with Gasteiger partial charge in [-0.25, -0.2) is 9.97 Å². The van der Waals surface area contributed by atoms with Crippen LogP contribution in [0.5, 0.6) is 0 Å². The summed E-state index contributed by atoms with van der Waals surface area (Å²) >= 11 is 0. The van der Waals surface area contributed by atoms with Crippen molar-refractivity contribution in [2.24, 2.45) is 0 Å². The molecule has 1 N–H and O–H groups in total. The first-order valence-electron chi connectivity index (χ1n) is 7.33. The maximum Gasteiger partial charge on any atom is 0.274 e. The molecule has 1 fully saturated rings. The molecule has 0 saturated carbocycles. The monoisotopic (exact) mass is 315 g/mol. The number of aromatic nitrogens is 2. The number of piperazine rings is 1. The number of hydrogen-bond donors (Lipinski definition) is 1. The van der Waals surface area contributed by atoms with Crippen LogP contribution < -0.4 is 5.32 Å². The molecular formula is C15H17N5O3. The van der Waals surface area contributed by atoms with Gasteiger partial charge in [0.1, 0.15) is 17.3 Å². The molecule has 8 heteroatoms. The van der Waals surface area contributed by atoms with E-state index in [0.29, 0.717) is 44.2 Å². The van der Waals surface area contributed by atoms with Crippen LogP contribution in [-0.4, -0.2) is 58.3 Å². The number of amides is 2. The second kappa shape index (κ2) is 6.91. The first-order chi connectivity index (χ1) is 11.3. The van der Waals surface area contributed by atoms with Crippen molar-refractivity contribution in [3.8, 4) is 0 Å². The number of carbonyl (C=O) groups is 2. The van der Waals surface area contributed by atoms with Crippen molar-refractivity contribution in [2.45, 2.75) is 6.54 Å². The third-order valence-electron chi connectivity index (χ3n) is 3.65. The molecule has 0 radical (unpaired) electrons. The van der Waals surface area contributed by atoms with Gasteiger partial charge in [-0.3, -0.25) is 9.59 Å². The molecule has 1 saturated heterocycles. The van der Waals surface area contributed by atoms with Gasteiger partial charge in [0.15, 0.2) is 0 Å². The molecule has 0 spiro atoms. The van der Waals surface area contributed by atoms with Gasteiger partial charge in [-0.2, -0.15) is 0 Å². The normalized spacial score (nSPS) is 14.6. The molecule has 2 aromatic rings. The van der Waals surface area contributed by atoms with E-state index in [9.17, 15) is 9.59 Å². The molecule has 3 heterocycles. The molecule has 2 amide bonds. The fourth-order valence-electron chi connectivity index (χ4n) is 2.31. The first kappa shape index (κ1) is 15.0. The Labute approximate surface area is 133 Å². The molecule has 23 heavy (non-hydrogen) atoms. The zero-order valence-corrected chi connectivity index (χ0v) is 12.5. The lowest BCUT2D eigenvalue weighted by Gasteiger charge is -2.32. The Morgan fingerprint density at radius 3 is 2.70 bits per heavy atom. The summed E-state index contributed by atoms with van der Waals surface area (Å²) in [7, 11) is 0. The molecule has 0 atom stereocenters. The van der Waals surface area contributed by atoms with Crippen molar-refractivity contribution in [3.63, 3.8) is 0 Å². The van der Waals surface area contributed by atoms with E-state index in [1.165, 1.54) is 12.4 Å². The number of anilines is 1. The number of furan rings is 1.